The number of aryl methyl sites for hydroxylation is 3. The minimum absolute atomic E-state index is 0.133. The Morgan fingerprint density at radius 3 is 1.86 bits per heavy atom. The largest absolute Gasteiger partial charge is 0.298 e. The highest BCUT2D eigenvalue weighted by Crippen LogP contribution is 2.45. The van der Waals surface area contributed by atoms with Crippen LogP contribution in [0.25, 0.3) is 0 Å². The SMILES string of the molecule is CCc1cc(C)cc(CC)c1C1C(=O)C2CCC(C2)C1=O. The molecule has 2 aliphatic rings. The molecule has 0 spiro atoms. The average molecular weight is 284 g/mol. The van der Waals surface area contributed by atoms with Crippen molar-refractivity contribution in [3.8, 4) is 0 Å². The molecule has 0 heterocycles. The first-order chi connectivity index (χ1) is 10.1. The van der Waals surface area contributed by atoms with E-state index in [1.54, 1.807) is 0 Å². The summed E-state index contributed by atoms with van der Waals surface area (Å²) in [7, 11) is 0. The molecule has 2 heteroatoms. The standard InChI is InChI=1S/C19H24O2/c1-4-12-8-11(3)9-13(5-2)16(12)17-18(20)14-6-7-15(10-14)19(17)21/h8-9,14-15,17H,4-7,10H2,1-3H3. The molecule has 0 N–H and O–H groups in total. The maximum absolute atomic E-state index is 12.8. The number of Topliss-reactive ketones (excluding diaryl/α,β-unsaturated/α-hetero) is 2. The number of hydrogen-bond acceptors (Lipinski definition) is 2. The highest BCUT2D eigenvalue weighted by atomic mass is 16.2. The lowest BCUT2D eigenvalue weighted by Crippen LogP contribution is -2.36. The van der Waals surface area contributed by atoms with Crippen molar-refractivity contribution in [2.24, 2.45) is 11.8 Å². The van der Waals surface area contributed by atoms with Gasteiger partial charge in [0.25, 0.3) is 0 Å². The van der Waals surface area contributed by atoms with E-state index in [2.05, 4.69) is 32.9 Å². The zero-order valence-electron chi connectivity index (χ0n) is 13.2. The third-order valence-corrected chi connectivity index (χ3v) is 5.35. The second-order valence-electron chi connectivity index (χ2n) is 6.65. The summed E-state index contributed by atoms with van der Waals surface area (Å²) in [5, 5.41) is 0. The number of ketones is 2. The highest BCUT2D eigenvalue weighted by molar-refractivity contribution is 6.12. The number of fused-ring (bicyclic) bond motifs is 2. The highest BCUT2D eigenvalue weighted by Gasteiger charge is 2.48. The fourth-order valence-electron chi connectivity index (χ4n) is 4.30. The van der Waals surface area contributed by atoms with Crippen LogP contribution in [0.5, 0.6) is 0 Å². The summed E-state index contributed by atoms with van der Waals surface area (Å²) >= 11 is 0. The molecule has 1 aromatic carbocycles. The Labute approximate surface area is 126 Å². The quantitative estimate of drug-likeness (QED) is 0.792. The lowest BCUT2D eigenvalue weighted by Gasteiger charge is -2.29. The summed E-state index contributed by atoms with van der Waals surface area (Å²) in [5.41, 5.74) is 4.67. The number of benzene rings is 1. The summed E-state index contributed by atoms with van der Waals surface area (Å²) in [5.74, 6) is 0.188. The Kier molecular flexibility index (Phi) is 3.73. The Morgan fingerprint density at radius 1 is 0.952 bits per heavy atom. The van der Waals surface area contributed by atoms with E-state index in [0.29, 0.717) is 0 Å². The molecular weight excluding hydrogens is 260 g/mol. The Hall–Kier alpha value is -1.44. The Balaban J connectivity index is 2.15. The number of hydrogen-bond donors (Lipinski definition) is 0. The van der Waals surface area contributed by atoms with Crippen LogP contribution in [0, 0.1) is 18.8 Å². The minimum Gasteiger partial charge on any atom is -0.298 e. The topological polar surface area (TPSA) is 34.1 Å². The van der Waals surface area contributed by atoms with Gasteiger partial charge in [-0.15, -0.1) is 0 Å². The van der Waals surface area contributed by atoms with Crippen molar-refractivity contribution in [2.75, 3.05) is 0 Å². The lowest BCUT2D eigenvalue weighted by molar-refractivity contribution is -0.136. The second kappa shape index (κ2) is 5.40. The summed E-state index contributed by atoms with van der Waals surface area (Å²) in [4.78, 5) is 25.6. The first kappa shape index (κ1) is 14.5. The van der Waals surface area contributed by atoms with E-state index >= 15 is 0 Å². The number of rotatable bonds is 3. The van der Waals surface area contributed by atoms with E-state index in [9.17, 15) is 9.59 Å². The van der Waals surface area contributed by atoms with Crippen molar-refractivity contribution in [1.29, 1.82) is 0 Å². The molecule has 2 bridgehead atoms. The van der Waals surface area contributed by atoms with Crippen molar-refractivity contribution in [1.82, 2.24) is 0 Å². The van der Waals surface area contributed by atoms with Gasteiger partial charge in [0.05, 0.1) is 0 Å². The van der Waals surface area contributed by atoms with E-state index < -0.39 is 5.92 Å². The maximum atomic E-state index is 12.8. The third-order valence-electron chi connectivity index (χ3n) is 5.35. The predicted molar refractivity (Wildman–Crippen MR) is 83.5 cm³/mol. The zero-order chi connectivity index (χ0) is 15.1. The zero-order valence-corrected chi connectivity index (χ0v) is 13.2. The van der Waals surface area contributed by atoms with Gasteiger partial charge in [-0.2, -0.15) is 0 Å². The van der Waals surface area contributed by atoms with Gasteiger partial charge in [-0.05, 0) is 55.7 Å². The number of carbonyl (C=O) groups is 2. The van der Waals surface area contributed by atoms with E-state index in [0.717, 1.165) is 37.7 Å². The fraction of sp³-hybridized carbons (Fsp3) is 0.579. The molecule has 0 aromatic heterocycles. The molecule has 2 atom stereocenters. The summed E-state index contributed by atoms with van der Waals surface area (Å²) in [6, 6.07) is 4.32. The van der Waals surface area contributed by atoms with Gasteiger partial charge in [0, 0.05) is 11.8 Å². The van der Waals surface area contributed by atoms with Gasteiger partial charge in [-0.1, -0.05) is 31.5 Å². The van der Waals surface area contributed by atoms with Crippen molar-refractivity contribution < 1.29 is 9.59 Å². The molecule has 0 aliphatic heterocycles. The monoisotopic (exact) mass is 284 g/mol. The molecule has 2 fully saturated rings. The number of carbonyl (C=O) groups excluding carboxylic acids is 2. The average Bonchev–Trinajstić information content (AvgIpc) is 2.93. The van der Waals surface area contributed by atoms with Crippen LogP contribution in [0.2, 0.25) is 0 Å². The van der Waals surface area contributed by atoms with Crippen molar-refractivity contribution >= 4 is 11.6 Å². The van der Waals surface area contributed by atoms with Gasteiger partial charge in [-0.3, -0.25) is 9.59 Å². The summed E-state index contributed by atoms with van der Waals surface area (Å²) in [6.45, 7) is 6.32. The van der Waals surface area contributed by atoms with Gasteiger partial charge in [0.1, 0.15) is 5.92 Å². The minimum atomic E-state index is -0.471. The second-order valence-corrected chi connectivity index (χ2v) is 6.65. The molecule has 0 amide bonds. The molecular formula is C19H24O2. The third kappa shape index (κ3) is 2.25. The van der Waals surface area contributed by atoms with E-state index in [4.69, 9.17) is 0 Å². The van der Waals surface area contributed by atoms with Crippen LogP contribution in [0.1, 0.15) is 61.3 Å². The molecule has 21 heavy (non-hydrogen) atoms. The summed E-state index contributed by atoms with van der Waals surface area (Å²) in [6.07, 6.45) is 4.41. The van der Waals surface area contributed by atoms with Crippen LogP contribution in [-0.2, 0) is 22.4 Å². The van der Waals surface area contributed by atoms with Crippen LogP contribution in [-0.4, -0.2) is 11.6 Å². The van der Waals surface area contributed by atoms with Gasteiger partial charge < -0.3 is 0 Å². The first-order valence-electron chi connectivity index (χ1n) is 8.26. The van der Waals surface area contributed by atoms with Crippen molar-refractivity contribution in [3.63, 3.8) is 0 Å². The van der Waals surface area contributed by atoms with Crippen LogP contribution in [0.4, 0.5) is 0 Å². The van der Waals surface area contributed by atoms with Gasteiger partial charge in [-0.25, -0.2) is 0 Å². The van der Waals surface area contributed by atoms with Gasteiger partial charge in [0.15, 0.2) is 11.6 Å². The van der Waals surface area contributed by atoms with Crippen LogP contribution < -0.4 is 0 Å². The Morgan fingerprint density at radius 2 is 1.43 bits per heavy atom. The van der Waals surface area contributed by atoms with Gasteiger partial charge in [0.2, 0.25) is 0 Å². The normalized spacial score (nSPS) is 28.2. The molecule has 0 saturated heterocycles. The molecule has 2 saturated carbocycles. The molecule has 2 aliphatic carbocycles. The van der Waals surface area contributed by atoms with E-state index in [1.165, 1.54) is 16.7 Å². The van der Waals surface area contributed by atoms with E-state index in [1.807, 2.05) is 0 Å². The van der Waals surface area contributed by atoms with Gasteiger partial charge >= 0.3 is 0 Å². The molecule has 2 nitrogen and oxygen atoms in total. The van der Waals surface area contributed by atoms with Crippen molar-refractivity contribution in [3.05, 3.63) is 34.4 Å². The van der Waals surface area contributed by atoms with Crippen LogP contribution in [0.3, 0.4) is 0 Å². The smallest absolute Gasteiger partial charge is 0.150 e. The van der Waals surface area contributed by atoms with E-state index in [-0.39, 0.29) is 23.4 Å². The van der Waals surface area contributed by atoms with Crippen LogP contribution >= 0.6 is 0 Å². The molecule has 1 aromatic rings. The molecule has 0 radical (unpaired) electrons. The lowest BCUT2D eigenvalue weighted by atomic mass is 9.72. The maximum Gasteiger partial charge on any atom is 0.150 e. The molecule has 112 valence electrons. The Bertz CT molecular complexity index is 553. The van der Waals surface area contributed by atoms with Crippen LogP contribution in [0.15, 0.2) is 12.1 Å². The molecule has 3 rings (SSSR count). The predicted octanol–water partition coefficient (Wildman–Crippen LogP) is 3.77. The molecule has 2 unspecified atom stereocenters. The van der Waals surface area contributed by atoms with Crippen molar-refractivity contribution in [2.45, 2.75) is 58.8 Å². The first-order valence-corrected chi connectivity index (χ1v) is 8.26. The fourth-order valence-corrected chi connectivity index (χ4v) is 4.30. The summed E-state index contributed by atoms with van der Waals surface area (Å²) < 4.78 is 0.